The Hall–Kier alpha value is -1.59. The molecule has 6 heteroatoms. The minimum atomic E-state index is -4.43. The number of halogens is 3. The lowest BCUT2D eigenvalue weighted by atomic mass is 9.84. The van der Waals surface area contributed by atoms with E-state index in [4.69, 9.17) is 0 Å². The first-order chi connectivity index (χ1) is 8.54. The van der Waals surface area contributed by atoms with Crippen molar-refractivity contribution >= 4 is 5.57 Å². The molecule has 2 bridgehead atoms. The second kappa shape index (κ2) is 3.96. The number of piperidine rings is 1. The summed E-state index contributed by atoms with van der Waals surface area (Å²) < 4.78 is 37.8. The van der Waals surface area contributed by atoms with Crippen LogP contribution in [0.3, 0.4) is 0 Å². The van der Waals surface area contributed by atoms with Crippen molar-refractivity contribution < 1.29 is 13.2 Å². The van der Waals surface area contributed by atoms with Gasteiger partial charge >= 0.3 is 6.18 Å². The molecule has 0 aliphatic carbocycles. The molecule has 3 aliphatic rings. The minimum Gasteiger partial charge on any atom is -0.377 e. The Bertz CT molecular complexity index is 488. The van der Waals surface area contributed by atoms with Gasteiger partial charge in [0, 0.05) is 19.3 Å². The highest BCUT2D eigenvalue weighted by Gasteiger charge is 2.34. The molecule has 96 valence electrons. The second-order valence-electron chi connectivity index (χ2n) is 4.68. The van der Waals surface area contributed by atoms with Crippen LogP contribution in [0.15, 0.2) is 18.6 Å². The van der Waals surface area contributed by atoms with Crippen LogP contribution < -0.4 is 0 Å². The highest BCUT2D eigenvalue weighted by atomic mass is 19.4. The van der Waals surface area contributed by atoms with E-state index < -0.39 is 11.9 Å². The van der Waals surface area contributed by atoms with Crippen LogP contribution in [0.4, 0.5) is 13.2 Å². The van der Waals surface area contributed by atoms with E-state index in [1.54, 1.807) is 0 Å². The molecule has 1 saturated heterocycles. The molecule has 0 spiro atoms. The highest BCUT2D eigenvalue weighted by Crippen LogP contribution is 2.37. The molecular weight excluding hydrogens is 243 g/mol. The summed E-state index contributed by atoms with van der Waals surface area (Å²) in [6, 6.07) is 0. The van der Waals surface area contributed by atoms with Crippen molar-refractivity contribution in [2.24, 2.45) is 5.92 Å². The smallest absolute Gasteiger partial charge is 0.377 e. The number of rotatable bonds is 1. The second-order valence-corrected chi connectivity index (χ2v) is 4.68. The van der Waals surface area contributed by atoms with Crippen molar-refractivity contribution in [3.05, 3.63) is 30.0 Å². The Morgan fingerprint density at radius 1 is 1.17 bits per heavy atom. The minimum absolute atomic E-state index is 0.327. The van der Waals surface area contributed by atoms with E-state index in [1.165, 1.54) is 6.20 Å². The third-order valence-electron chi connectivity index (χ3n) is 3.51. The van der Waals surface area contributed by atoms with Gasteiger partial charge in [-0.2, -0.15) is 13.2 Å². The number of alkyl halides is 3. The largest absolute Gasteiger partial charge is 0.434 e. The fraction of sp³-hybridized carbons (Fsp3) is 0.500. The van der Waals surface area contributed by atoms with Gasteiger partial charge in [0.05, 0.1) is 18.1 Å². The summed E-state index contributed by atoms with van der Waals surface area (Å²) in [7, 11) is 0. The van der Waals surface area contributed by atoms with Crippen molar-refractivity contribution in [1.29, 1.82) is 0 Å². The lowest BCUT2D eigenvalue weighted by Crippen LogP contribution is -2.35. The molecule has 0 radical (unpaired) electrons. The van der Waals surface area contributed by atoms with E-state index >= 15 is 0 Å². The van der Waals surface area contributed by atoms with E-state index in [0.29, 0.717) is 11.6 Å². The van der Waals surface area contributed by atoms with Crippen LogP contribution in [-0.2, 0) is 6.18 Å². The molecule has 3 nitrogen and oxygen atoms in total. The Morgan fingerprint density at radius 2 is 1.89 bits per heavy atom. The third-order valence-corrected chi connectivity index (χ3v) is 3.51. The summed E-state index contributed by atoms with van der Waals surface area (Å²) in [5.41, 5.74) is 0.336. The topological polar surface area (TPSA) is 29.0 Å². The number of hydrogen-bond donors (Lipinski definition) is 0. The summed E-state index contributed by atoms with van der Waals surface area (Å²) in [5.74, 6) is 0.327. The quantitative estimate of drug-likeness (QED) is 0.772. The van der Waals surface area contributed by atoms with Gasteiger partial charge in [-0.25, -0.2) is 4.98 Å². The van der Waals surface area contributed by atoms with Crippen molar-refractivity contribution in [3.63, 3.8) is 0 Å². The van der Waals surface area contributed by atoms with Crippen LogP contribution >= 0.6 is 0 Å². The first-order valence-electron chi connectivity index (χ1n) is 5.89. The SMILES string of the molecule is FC(F)(F)c1cncc(C2=CN3CCC2CC3)n1. The maximum atomic E-state index is 12.6. The zero-order chi connectivity index (χ0) is 12.8. The lowest BCUT2D eigenvalue weighted by Gasteiger charge is -2.38. The van der Waals surface area contributed by atoms with Crippen molar-refractivity contribution in [3.8, 4) is 0 Å². The molecule has 4 heterocycles. The zero-order valence-corrected chi connectivity index (χ0v) is 9.61. The van der Waals surface area contributed by atoms with Crippen molar-refractivity contribution in [1.82, 2.24) is 14.9 Å². The molecule has 1 aromatic heterocycles. The van der Waals surface area contributed by atoms with Crippen LogP contribution in [0.5, 0.6) is 0 Å². The molecule has 18 heavy (non-hydrogen) atoms. The average Bonchev–Trinajstić information content (AvgIpc) is 2.39. The fourth-order valence-electron chi connectivity index (χ4n) is 2.56. The Balaban J connectivity index is 1.98. The first kappa shape index (κ1) is 11.5. The Labute approximate surface area is 102 Å². The van der Waals surface area contributed by atoms with E-state index in [2.05, 4.69) is 14.9 Å². The Kier molecular flexibility index (Phi) is 2.53. The lowest BCUT2D eigenvalue weighted by molar-refractivity contribution is -0.141. The molecule has 0 saturated carbocycles. The Morgan fingerprint density at radius 3 is 2.44 bits per heavy atom. The first-order valence-corrected chi connectivity index (χ1v) is 5.89. The maximum absolute atomic E-state index is 12.6. The molecule has 4 rings (SSSR count). The van der Waals surface area contributed by atoms with Crippen LogP contribution in [0, 0.1) is 5.92 Å². The number of fused-ring (bicyclic) bond motifs is 2. The molecule has 1 aromatic rings. The van der Waals surface area contributed by atoms with Crippen LogP contribution in [0.2, 0.25) is 0 Å². The maximum Gasteiger partial charge on any atom is 0.434 e. The van der Waals surface area contributed by atoms with Crippen LogP contribution in [0.1, 0.15) is 24.2 Å². The summed E-state index contributed by atoms with van der Waals surface area (Å²) in [4.78, 5) is 9.51. The van der Waals surface area contributed by atoms with Gasteiger partial charge in [0.25, 0.3) is 0 Å². The molecule has 0 amide bonds. The summed E-state index contributed by atoms with van der Waals surface area (Å²) in [6.45, 7) is 1.97. The van der Waals surface area contributed by atoms with Crippen LogP contribution in [-0.4, -0.2) is 28.0 Å². The van der Waals surface area contributed by atoms with Gasteiger partial charge in [-0.1, -0.05) is 0 Å². The van der Waals surface area contributed by atoms with Crippen molar-refractivity contribution in [2.45, 2.75) is 19.0 Å². The number of hydrogen-bond acceptors (Lipinski definition) is 3. The molecule has 0 aromatic carbocycles. The number of nitrogens with zero attached hydrogens (tertiary/aromatic N) is 3. The molecule has 0 atom stereocenters. The van der Waals surface area contributed by atoms with E-state index in [1.807, 2.05) is 6.20 Å². The van der Waals surface area contributed by atoms with Gasteiger partial charge in [0.15, 0.2) is 5.69 Å². The standard InChI is InChI=1S/C12H12F3N3/c13-12(14,15)11-6-16-5-10(17-11)9-7-18-3-1-8(9)2-4-18/h5-8H,1-4H2. The highest BCUT2D eigenvalue weighted by molar-refractivity contribution is 5.65. The van der Waals surface area contributed by atoms with Gasteiger partial charge < -0.3 is 4.90 Å². The molecule has 0 unspecified atom stereocenters. The normalized spacial score (nSPS) is 20.2. The van der Waals surface area contributed by atoms with Gasteiger partial charge in [-0.05, 0) is 24.3 Å². The van der Waals surface area contributed by atoms with Gasteiger partial charge in [0.1, 0.15) is 0 Å². The van der Waals surface area contributed by atoms with E-state index in [9.17, 15) is 13.2 Å². The average molecular weight is 255 g/mol. The number of aromatic nitrogens is 2. The molecule has 1 fully saturated rings. The molecule has 0 N–H and O–H groups in total. The summed E-state index contributed by atoms with van der Waals surface area (Å²) in [6.07, 6.45) is 1.67. The number of allylic oxidation sites excluding steroid dienone is 1. The third kappa shape index (κ3) is 1.95. The fourth-order valence-corrected chi connectivity index (χ4v) is 2.56. The summed E-state index contributed by atoms with van der Waals surface area (Å²) in [5, 5.41) is 0. The zero-order valence-electron chi connectivity index (χ0n) is 9.61. The van der Waals surface area contributed by atoms with Gasteiger partial charge in [-0.15, -0.1) is 0 Å². The van der Waals surface area contributed by atoms with Crippen molar-refractivity contribution in [2.75, 3.05) is 13.1 Å². The predicted octanol–water partition coefficient (Wildman–Crippen LogP) is 2.56. The molecule has 3 aliphatic heterocycles. The van der Waals surface area contributed by atoms with E-state index in [-0.39, 0.29) is 0 Å². The van der Waals surface area contributed by atoms with Crippen LogP contribution in [0.25, 0.3) is 5.57 Å². The van der Waals surface area contributed by atoms with Gasteiger partial charge in [-0.3, -0.25) is 4.98 Å². The monoisotopic (exact) mass is 255 g/mol. The summed E-state index contributed by atoms with van der Waals surface area (Å²) >= 11 is 0. The van der Waals surface area contributed by atoms with Gasteiger partial charge in [0.2, 0.25) is 0 Å². The molecular formula is C12H12F3N3. The predicted molar refractivity (Wildman–Crippen MR) is 59.3 cm³/mol. The van der Waals surface area contributed by atoms with E-state index in [0.717, 1.165) is 37.7 Å².